The number of benzene rings is 2. The minimum atomic E-state index is -0.512. The Hall–Kier alpha value is -3.48. The average Bonchev–Trinajstić information content (AvgIpc) is 2.55. The van der Waals surface area contributed by atoms with Gasteiger partial charge in [0.25, 0.3) is 5.69 Å². The molecule has 0 aliphatic heterocycles. The van der Waals surface area contributed by atoms with Crippen LogP contribution >= 0.6 is 0 Å². The molecule has 24 heavy (non-hydrogen) atoms. The number of non-ortho nitro benzene ring substituents is 1. The van der Waals surface area contributed by atoms with Crippen LogP contribution in [0.15, 0.2) is 57.9 Å². The monoisotopic (exact) mass is 324 g/mol. The van der Waals surface area contributed by atoms with Crippen LogP contribution in [-0.2, 0) is 0 Å². The lowest BCUT2D eigenvalue weighted by Crippen LogP contribution is -2.13. The van der Waals surface area contributed by atoms with Gasteiger partial charge in [-0.05, 0) is 43.3 Å². The highest BCUT2D eigenvalue weighted by molar-refractivity contribution is 5.96. The Balaban J connectivity index is 2.25. The van der Waals surface area contributed by atoms with E-state index in [4.69, 9.17) is 4.42 Å². The van der Waals surface area contributed by atoms with Gasteiger partial charge in [-0.25, -0.2) is 4.99 Å². The number of Topliss-reactive ketones (excluding diaryl/α,β-unsaturated/α-hetero) is 1. The van der Waals surface area contributed by atoms with Crippen molar-refractivity contribution >= 4 is 28.1 Å². The third-order valence-electron chi connectivity index (χ3n) is 3.40. The molecule has 0 aliphatic rings. The molecule has 3 aromatic rings. The summed E-state index contributed by atoms with van der Waals surface area (Å²) in [7, 11) is 0. The number of hydrogen-bond acceptors (Lipinski definition) is 6. The molecule has 2 aromatic carbocycles. The second-order valence-corrected chi connectivity index (χ2v) is 5.13. The van der Waals surface area contributed by atoms with Crippen molar-refractivity contribution in [3.63, 3.8) is 0 Å². The Kier molecular flexibility index (Phi) is 3.83. The van der Waals surface area contributed by atoms with Crippen molar-refractivity contribution in [1.29, 1.82) is 0 Å². The van der Waals surface area contributed by atoms with Crippen molar-refractivity contribution < 1.29 is 19.2 Å². The standard InChI is InChI=1S/C17H12N2O5/c1-10(20)15-9-11-8-13(19(22)23)4-7-16(11)24-17(15)18-12-2-5-14(21)6-3-12/h2-9,21H,1H3/b18-17-. The Morgan fingerprint density at radius 1 is 1.17 bits per heavy atom. The quantitative estimate of drug-likeness (QED) is 0.451. The molecule has 3 rings (SSSR count). The van der Waals surface area contributed by atoms with E-state index in [-0.39, 0.29) is 28.3 Å². The molecule has 120 valence electrons. The number of phenolic OH excluding ortho intramolecular Hbond substituents is 1. The first-order valence-corrected chi connectivity index (χ1v) is 7.01. The summed E-state index contributed by atoms with van der Waals surface area (Å²) in [6, 6.07) is 11.7. The van der Waals surface area contributed by atoms with Crippen LogP contribution in [0.3, 0.4) is 0 Å². The summed E-state index contributed by atoms with van der Waals surface area (Å²) in [5.74, 6) is -0.173. The molecule has 0 radical (unpaired) electrons. The van der Waals surface area contributed by atoms with Gasteiger partial charge in [0.1, 0.15) is 11.3 Å². The van der Waals surface area contributed by atoms with Gasteiger partial charge in [0.05, 0.1) is 16.2 Å². The van der Waals surface area contributed by atoms with Crippen LogP contribution in [-0.4, -0.2) is 15.8 Å². The van der Waals surface area contributed by atoms with Crippen molar-refractivity contribution in [2.24, 2.45) is 4.99 Å². The van der Waals surface area contributed by atoms with E-state index in [0.717, 1.165) is 0 Å². The Bertz CT molecular complexity index is 1020. The molecule has 0 fully saturated rings. The largest absolute Gasteiger partial charge is 0.508 e. The van der Waals surface area contributed by atoms with E-state index in [0.29, 0.717) is 16.7 Å². The molecular weight excluding hydrogens is 312 g/mol. The average molecular weight is 324 g/mol. The molecule has 7 nitrogen and oxygen atoms in total. The maximum absolute atomic E-state index is 11.9. The Labute approximate surface area is 135 Å². The van der Waals surface area contributed by atoms with Crippen molar-refractivity contribution in [2.45, 2.75) is 6.92 Å². The second-order valence-electron chi connectivity index (χ2n) is 5.13. The van der Waals surface area contributed by atoms with Gasteiger partial charge in [0.2, 0.25) is 5.55 Å². The molecule has 0 atom stereocenters. The van der Waals surface area contributed by atoms with E-state index in [2.05, 4.69) is 4.99 Å². The number of rotatable bonds is 3. The summed E-state index contributed by atoms with van der Waals surface area (Å²) in [5, 5.41) is 20.6. The van der Waals surface area contributed by atoms with E-state index in [9.17, 15) is 20.0 Å². The zero-order chi connectivity index (χ0) is 17.3. The number of carbonyl (C=O) groups excluding carboxylic acids is 1. The van der Waals surface area contributed by atoms with Gasteiger partial charge in [0, 0.05) is 17.5 Å². The van der Waals surface area contributed by atoms with Gasteiger partial charge in [-0.3, -0.25) is 14.9 Å². The number of fused-ring (bicyclic) bond motifs is 1. The molecule has 0 saturated heterocycles. The first kappa shape index (κ1) is 15.4. The lowest BCUT2D eigenvalue weighted by Gasteiger charge is -2.02. The number of ketones is 1. The van der Waals surface area contributed by atoms with Crippen LogP contribution in [0, 0.1) is 10.1 Å². The van der Waals surface area contributed by atoms with E-state index < -0.39 is 4.92 Å². The van der Waals surface area contributed by atoms with E-state index in [1.165, 1.54) is 43.3 Å². The van der Waals surface area contributed by atoms with Crippen molar-refractivity contribution in [3.05, 3.63) is 69.8 Å². The third kappa shape index (κ3) is 3.00. The SMILES string of the molecule is CC(=O)c1cc2cc([N+](=O)[O-])ccc2o/c1=N\c1ccc(O)cc1. The van der Waals surface area contributed by atoms with Crippen LogP contribution in [0.2, 0.25) is 0 Å². The Morgan fingerprint density at radius 2 is 1.88 bits per heavy atom. The highest BCUT2D eigenvalue weighted by Crippen LogP contribution is 2.21. The summed E-state index contributed by atoms with van der Waals surface area (Å²) in [6.07, 6.45) is 0. The predicted molar refractivity (Wildman–Crippen MR) is 86.2 cm³/mol. The molecule has 7 heteroatoms. The minimum Gasteiger partial charge on any atom is -0.508 e. The fourth-order valence-corrected chi connectivity index (χ4v) is 2.21. The first-order valence-electron chi connectivity index (χ1n) is 7.01. The minimum absolute atomic E-state index is 0.0876. The van der Waals surface area contributed by atoms with Crippen LogP contribution in [0.25, 0.3) is 11.0 Å². The zero-order valence-electron chi connectivity index (χ0n) is 12.6. The van der Waals surface area contributed by atoms with Crippen molar-refractivity contribution in [3.8, 4) is 5.75 Å². The fourth-order valence-electron chi connectivity index (χ4n) is 2.21. The van der Waals surface area contributed by atoms with Crippen molar-refractivity contribution in [1.82, 2.24) is 0 Å². The molecule has 1 aromatic heterocycles. The van der Waals surface area contributed by atoms with Gasteiger partial charge in [-0.2, -0.15) is 0 Å². The van der Waals surface area contributed by atoms with Gasteiger partial charge >= 0.3 is 0 Å². The highest BCUT2D eigenvalue weighted by Gasteiger charge is 2.12. The number of aromatic hydroxyl groups is 1. The molecule has 0 saturated carbocycles. The number of nitro groups is 1. The lowest BCUT2D eigenvalue weighted by atomic mass is 10.1. The number of nitrogens with zero attached hydrogens (tertiary/aromatic N) is 2. The summed E-state index contributed by atoms with van der Waals surface area (Å²) in [5.41, 5.74) is 1.12. The highest BCUT2D eigenvalue weighted by atomic mass is 16.6. The molecule has 0 amide bonds. The molecule has 0 spiro atoms. The summed E-state index contributed by atoms with van der Waals surface area (Å²) >= 11 is 0. The van der Waals surface area contributed by atoms with Gasteiger partial charge in [-0.15, -0.1) is 0 Å². The maximum atomic E-state index is 11.9. The van der Waals surface area contributed by atoms with Gasteiger partial charge in [0.15, 0.2) is 5.78 Å². The normalized spacial score (nSPS) is 11.6. The molecular formula is C17H12N2O5. The van der Waals surface area contributed by atoms with Crippen LogP contribution in [0.4, 0.5) is 11.4 Å². The van der Waals surface area contributed by atoms with E-state index >= 15 is 0 Å². The molecule has 1 heterocycles. The summed E-state index contributed by atoms with van der Waals surface area (Å²) < 4.78 is 5.65. The summed E-state index contributed by atoms with van der Waals surface area (Å²) in [4.78, 5) is 26.5. The van der Waals surface area contributed by atoms with Gasteiger partial charge in [-0.1, -0.05) is 0 Å². The molecule has 0 bridgehead atoms. The summed E-state index contributed by atoms with van der Waals surface area (Å²) in [6.45, 7) is 1.36. The van der Waals surface area contributed by atoms with Crippen molar-refractivity contribution in [2.75, 3.05) is 0 Å². The predicted octanol–water partition coefficient (Wildman–Crippen LogP) is 3.48. The van der Waals surface area contributed by atoms with Crippen LogP contribution < -0.4 is 5.55 Å². The van der Waals surface area contributed by atoms with Gasteiger partial charge < -0.3 is 9.52 Å². The number of nitro benzene ring substituents is 1. The number of carbonyl (C=O) groups is 1. The zero-order valence-corrected chi connectivity index (χ0v) is 12.6. The second kappa shape index (κ2) is 5.96. The third-order valence-corrected chi connectivity index (χ3v) is 3.40. The first-order chi connectivity index (χ1) is 11.4. The van der Waals surface area contributed by atoms with Crippen LogP contribution in [0.1, 0.15) is 17.3 Å². The van der Waals surface area contributed by atoms with Crippen LogP contribution in [0.5, 0.6) is 5.75 Å². The maximum Gasteiger partial charge on any atom is 0.270 e. The molecule has 1 N–H and O–H groups in total. The lowest BCUT2D eigenvalue weighted by molar-refractivity contribution is -0.384. The smallest absolute Gasteiger partial charge is 0.270 e. The van der Waals surface area contributed by atoms with E-state index in [1.54, 1.807) is 12.1 Å². The number of hydrogen-bond donors (Lipinski definition) is 1. The number of phenols is 1. The van der Waals surface area contributed by atoms with E-state index in [1.807, 2.05) is 0 Å². The molecule has 0 unspecified atom stereocenters. The fraction of sp³-hybridized carbons (Fsp3) is 0.0588. The molecule has 0 aliphatic carbocycles. The Morgan fingerprint density at radius 3 is 2.50 bits per heavy atom. The topological polar surface area (TPSA) is 106 Å².